The van der Waals surface area contributed by atoms with E-state index in [0.29, 0.717) is 6.42 Å². The Morgan fingerprint density at radius 1 is 0.968 bits per heavy atom. The number of amides is 3. The standard InChI is InChI=1S/C20H31N5O6/c1-19(2,3)30-14(26)8-7-11-22-15(27)12-9-10-13(23-12)16(28)24-17(21)25-18(29)31-20(4,5)6/h9-10,23H,7-8,11H2,1-6H3,(H,22,27)(H3,21,24,25,28,29). The number of carbonyl (C=O) groups excluding carboxylic acids is 4. The maximum Gasteiger partial charge on any atom is 0.437 e. The van der Waals surface area contributed by atoms with Crippen LogP contribution in [0.3, 0.4) is 0 Å². The minimum Gasteiger partial charge on any atom is -0.460 e. The fourth-order valence-corrected chi connectivity index (χ4v) is 2.18. The lowest BCUT2D eigenvalue weighted by atomic mass is 10.2. The molecule has 0 radical (unpaired) electrons. The summed E-state index contributed by atoms with van der Waals surface area (Å²) in [7, 11) is 0. The first kappa shape index (κ1) is 25.7. The number of esters is 1. The third kappa shape index (κ3) is 10.8. The van der Waals surface area contributed by atoms with Crippen molar-refractivity contribution in [3.05, 3.63) is 23.5 Å². The minimum atomic E-state index is -0.941. The number of carbonyl (C=O) groups is 4. The molecule has 3 amide bonds. The third-order valence-corrected chi connectivity index (χ3v) is 3.29. The van der Waals surface area contributed by atoms with Crippen LogP contribution in [0.1, 0.15) is 75.4 Å². The van der Waals surface area contributed by atoms with Gasteiger partial charge in [-0.25, -0.2) is 4.79 Å². The Balaban J connectivity index is 2.51. The van der Waals surface area contributed by atoms with Crippen LogP contribution >= 0.6 is 0 Å². The van der Waals surface area contributed by atoms with Crippen LogP contribution in [0.2, 0.25) is 0 Å². The van der Waals surface area contributed by atoms with Crippen LogP contribution in [0.25, 0.3) is 0 Å². The zero-order valence-corrected chi connectivity index (χ0v) is 18.8. The summed E-state index contributed by atoms with van der Waals surface area (Å²) in [6, 6.07) is 2.80. The molecule has 0 aliphatic rings. The van der Waals surface area contributed by atoms with E-state index in [-0.39, 0.29) is 30.3 Å². The van der Waals surface area contributed by atoms with Crippen molar-refractivity contribution in [2.45, 2.75) is 65.6 Å². The van der Waals surface area contributed by atoms with Crippen LogP contribution in [0.5, 0.6) is 0 Å². The predicted octanol–water partition coefficient (Wildman–Crippen LogP) is 1.85. The lowest BCUT2D eigenvalue weighted by molar-refractivity contribution is -0.154. The fourth-order valence-electron chi connectivity index (χ4n) is 2.18. The van der Waals surface area contributed by atoms with E-state index < -0.39 is 35.1 Å². The van der Waals surface area contributed by atoms with Crippen LogP contribution in [-0.2, 0) is 14.3 Å². The van der Waals surface area contributed by atoms with Crippen molar-refractivity contribution in [2.75, 3.05) is 6.54 Å². The van der Waals surface area contributed by atoms with Crippen LogP contribution in [0.4, 0.5) is 4.79 Å². The molecule has 0 fully saturated rings. The Labute approximate surface area is 181 Å². The molecule has 1 aromatic rings. The summed E-state index contributed by atoms with van der Waals surface area (Å²) in [6.45, 7) is 10.6. The molecular weight excluding hydrogens is 406 g/mol. The zero-order chi connectivity index (χ0) is 23.8. The number of hydrogen-bond acceptors (Lipinski definition) is 6. The molecule has 172 valence electrons. The number of ether oxygens (including phenoxy) is 2. The highest BCUT2D eigenvalue weighted by molar-refractivity contribution is 6.07. The molecule has 1 heterocycles. The second-order valence-electron chi connectivity index (χ2n) is 8.66. The molecule has 0 unspecified atom stereocenters. The van der Waals surface area contributed by atoms with Crippen molar-refractivity contribution in [3.8, 4) is 0 Å². The lowest BCUT2D eigenvalue weighted by Crippen LogP contribution is -2.38. The van der Waals surface area contributed by atoms with E-state index in [2.05, 4.69) is 20.6 Å². The van der Waals surface area contributed by atoms with E-state index in [1.54, 1.807) is 41.5 Å². The number of aliphatic imine (C=N–C) groups is 1. The third-order valence-electron chi connectivity index (χ3n) is 3.29. The fraction of sp³-hybridized carbons (Fsp3) is 0.550. The van der Waals surface area contributed by atoms with Gasteiger partial charge in [-0.1, -0.05) is 0 Å². The van der Waals surface area contributed by atoms with Gasteiger partial charge in [0.15, 0.2) is 0 Å². The molecule has 0 saturated carbocycles. The van der Waals surface area contributed by atoms with Crippen molar-refractivity contribution < 1.29 is 28.7 Å². The largest absolute Gasteiger partial charge is 0.460 e. The van der Waals surface area contributed by atoms with Gasteiger partial charge in [0.2, 0.25) is 5.96 Å². The van der Waals surface area contributed by atoms with Gasteiger partial charge in [-0.05, 0) is 60.1 Å². The van der Waals surface area contributed by atoms with Crippen LogP contribution in [0, 0.1) is 0 Å². The molecule has 0 aliphatic heterocycles. The van der Waals surface area contributed by atoms with E-state index >= 15 is 0 Å². The van der Waals surface area contributed by atoms with Crippen molar-refractivity contribution in [3.63, 3.8) is 0 Å². The van der Waals surface area contributed by atoms with Gasteiger partial charge in [0.05, 0.1) is 0 Å². The van der Waals surface area contributed by atoms with Crippen LogP contribution < -0.4 is 16.4 Å². The summed E-state index contributed by atoms with van der Waals surface area (Å²) in [4.78, 5) is 53.6. The molecule has 0 bridgehead atoms. The van der Waals surface area contributed by atoms with Gasteiger partial charge in [-0.15, -0.1) is 4.99 Å². The summed E-state index contributed by atoms with van der Waals surface area (Å²) >= 11 is 0. The highest BCUT2D eigenvalue weighted by Crippen LogP contribution is 2.09. The van der Waals surface area contributed by atoms with Gasteiger partial charge in [-0.2, -0.15) is 0 Å². The van der Waals surface area contributed by atoms with E-state index in [4.69, 9.17) is 15.2 Å². The lowest BCUT2D eigenvalue weighted by Gasteiger charge is -2.19. The molecule has 0 saturated heterocycles. The Morgan fingerprint density at radius 2 is 1.52 bits per heavy atom. The number of hydrogen-bond donors (Lipinski definition) is 4. The molecule has 11 nitrogen and oxygen atoms in total. The number of nitrogens with zero attached hydrogens (tertiary/aromatic N) is 1. The average molecular weight is 437 g/mol. The quantitative estimate of drug-likeness (QED) is 0.228. The van der Waals surface area contributed by atoms with Crippen molar-refractivity contribution in [1.29, 1.82) is 0 Å². The molecule has 31 heavy (non-hydrogen) atoms. The number of aromatic nitrogens is 1. The molecule has 0 spiro atoms. The van der Waals surface area contributed by atoms with Crippen LogP contribution in [-0.4, -0.2) is 52.6 Å². The molecule has 0 aliphatic carbocycles. The Morgan fingerprint density at radius 3 is 2.06 bits per heavy atom. The number of nitrogens with two attached hydrogens (primary N) is 1. The normalized spacial score (nSPS) is 12.1. The smallest absolute Gasteiger partial charge is 0.437 e. The Kier molecular flexibility index (Phi) is 8.77. The Hall–Kier alpha value is -3.37. The number of guanidine groups is 1. The monoisotopic (exact) mass is 437 g/mol. The van der Waals surface area contributed by atoms with E-state index in [9.17, 15) is 19.2 Å². The first-order valence-corrected chi connectivity index (χ1v) is 9.74. The molecule has 0 aromatic carbocycles. The van der Waals surface area contributed by atoms with Gasteiger partial charge in [0, 0.05) is 13.0 Å². The topological polar surface area (TPSA) is 165 Å². The van der Waals surface area contributed by atoms with Crippen molar-refractivity contribution in [1.82, 2.24) is 15.6 Å². The van der Waals surface area contributed by atoms with E-state index in [1.165, 1.54) is 12.1 Å². The molecular formula is C20H31N5O6. The molecule has 11 heteroatoms. The molecule has 0 atom stereocenters. The Bertz CT molecular complexity index is 845. The predicted molar refractivity (Wildman–Crippen MR) is 114 cm³/mol. The van der Waals surface area contributed by atoms with Gasteiger partial charge < -0.3 is 25.5 Å². The number of rotatable bonds is 6. The first-order chi connectivity index (χ1) is 14.2. The van der Waals surface area contributed by atoms with Gasteiger partial charge in [-0.3, -0.25) is 19.7 Å². The minimum absolute atomic E-state index is 0.0428. The second kappa shape index (κ2) is 10.6. The van der Waals surface area contributed by atoms with Gasteiger partial charge in [0.25, 0.3) is 11.8 Å². The summed E-state index contributed by atoms with van der Waals surface area (Å²) in [5, 5.41) is 4.86. The molecule has 1 rings (SSSR count). The zero-order valence-electron chi connectivity index (χ0n) is 18.8. The summed E-state index contributed by atoms with van der Waals surface area (Å²) in [5.74, 6) is -1.92. The van der Waals surface area contributed by atoms with Gasteiger partial charge >= 0.3 is 12.1 Å². The summed E-state index contributed by atoms with van der Waals surface area (Å²) in [6.07, 6.45) is -0.360. The maximum absolute atomic E-state index is 12.2. The highest BCUT2D eigenvalue weighted by Gasteiger charge is 2.18. The second-order valence-corrected chi connectivity index (χ2v) is 8.66. The van der Waals surface area contributed by atoms with Crippen LogP contribution in [0.15, 0.2) is 17.1 Å². The maximum atomic E-state index is 12.2. The van der Waals surface area contributed by atoms with Crippen molar-refractivity contribution in [2.24, 2.45) is 10.7 Å². The number of H-pyrrole nitrogens is 1. The molecule has 5 N–H and O–H groups in total. The number of nitrogens with one attached hydrogen (secondary N) is 3. The SMILES string of the molecule is CC(C)(C)OC(=O)CCCNC(=O)c1ccc(C(=O)N/C(N)=N/C(=O)OC(C)(C)C)[nH]1. The van der Waals surface area contributed by atoms with Gasteiger partial charge in [0.1, 0.15) is 22.6 Å². The molecule has 1 aromatic heterocycles. The first-order valence-electron chi connectivity index (χ1n) is 9.74. The average Bonchev–Trinajstić information content (AvgIpc) is 3.05. The van der Waals surface area contributed by atoms with E-state index in [0.717, 1.165) is 0 Å². The summed E-state index contributed by atoms with van der Waals surface area (Å²) in [5.41, 5.74) is 4.41. The van der Waals surface area contributed by atoms with E-state index in [1.807, 2.05) is 0 Å². The highest BCUT2D eigenvalue weighted by atomic mass is 16.6. The van der Waals surface area contributed by atoms with Crippen molar-refractivity contribution >= 4 is 29.8 Å². The number of aromatic amines is 1. The summed E-state index contributed by atoms with van der Waals surface area (Å²) < 4.78 is 10.2.